The number of hydrogen-bond donors (Lipinski definition) is 0. The average molecular weight is 180 g/mol. The predicted octanol–water partition coefficient (Wildman–Crippen LogP) is 3.35. The molecule has 1 heteroatoms. The molecule has 2 unspecified atom stereocenters. The average Bonchev–Trinajstić information content (AvgIpc) is 2.52. The first-order valence-corrected chi connectivity index (χ1v) is 5.39. The van der Waals surface area contributed by atoms with Gasteiger partial charge in [-0.25, -0.2) is 0 Å². The monoisotopic (exact) mass is 180 g/mol. The van der Waals surface area contributed by atoms with E-state index in [1.54, 1.807) is 0 Å². The molecule has 0 radical (unpaired) electrons. The Kier molecular flexibility index (Phi) is 4.20. The molecule has 0 amide bonds. The third-order valence-corrected chi connectivity index (χ3v) is 3.07. The zero-order chi connectivity index (χ0) is 9.68. The second-order valence-electron chi connectivity index (χ2n) is 4.09. The van der Waals surface area contributed by atoms with Crippen LogP contribution in [0.1, 0.15) is 46.0 Å². The SMILES string of the molecule is C/C=C/CCC(=O)C1CCCC1C. The van der Waals surface area contributed by atoms with Crippen LogP contribution >= 0.6 is 0 Å². The summed E-state index contributed by atoms with van der Waals surface area (Å²) in [4.78, 5) is 11.7. The van der Waals surface area contributed by atoms with Gasteiger partial charge in [0.1, 0.15) is 5.78 Å². The van der Waals surface area contributed by atoms with Gasteiger partial charge in [0, 0.05) is 12.3 Å². The first kappa shape index (κ1) is 10.5. The lowest BCUT2D eigenvalue weighted by Gasteiger charge is -2.12. The molecule has 74 valence electrons. The van der Waals surface area contributed by atoms with Gasteiger partial charge in [0.05, 0.1) is 0 Å². The van der Waals surface area contributed by atoms with Crippen LogP contribution in [0.4, 0.5) is 0 Å². The lowest BCUT2D eigenvalue weighted by Crippen LogP contribution is -2.16. The second-order valence-corrected chi connectivity index (χ2v) is 4.09. The topological polar surface area (TPSA) is 17.1 Å². The molecular formula is C12H20O. The second kappa shape index (κ2) is 5.21. The highest BCUT2D eigenvalue weighted by Gasteiger charge is 2.28. The van der Waals surface area contributed by atoms with Crippen LogP contribution in [0.5, 0.6) is 0 Å². The molecule has 0 bridgehead atoms. The van der Waals surface area contributed by atoms with E-state index in [-0.39, 0.29) is 0 Å². The minimum atomic E-state index is 0.380. The Balaban J connectivity index is 2.30. The number of Topliss-reactive ketones (excluding diaryl/α,β-unsaturated/α-hetero) is 1. The third kappa shape index (κ3) is 2.98. The molecule has 1 nitrogen and oxygen atoms in total. The summed E-state index contributed by atoms with van der Waals surface area (Å²) in [5, 5.41) is 0. The van der Waals surface area contributed by atoms with Crippen LogP contribution < -0.4 is 0 Å². The van der Waals surface area contributed by atoms with Crippen LogP contribution in [0.15, 0.2) is 12.2 Å². The summed E-state index contributed by atoms with van der Waals surface area (Å²) >= 11 is 0. The van der Waals surface area contributed by atoms with Crippen molar-refractivity contribution in [1.29, 1.82) is 0 Å². The Morgan fingerprint density at radius 1 is 1.46 bits per heavy atom. The minimum Gasteiger partial charge on any atom is -0.299 e. The normalized spacial score (nSPS) is 28.5. The van der Waals surface area contributed by atoms with E-state index >= 15 is 0 Å². The van der Waals surface area contributed by atoms with Gasteiger partial charge >= 0.3 is 0 Å². The van der Waals surface area contributed by atoms with Gasteiger partial charge in [-0.15, -0.1) is 0 Å². The van der Waals surface area contributed by atoms with E-state index in [0.717, 1.165) is 19.3 Å². The van der Waals surface area contributed by atoms with Crippen LogP contribution in [-0.2, 0) is 4.79 Å². The zero-order valence-electron chi connectivity index (χ0n) is 8.75. The third-order valence-electron chi connectivity index (χ3n) is 3.07. The highest BCUT2D eigenvalue weighted by Crippen LogP contribution is 2.32. The van der Waals surface area contributed by atoms with Crippen molar-refractivity contribution in [1.82, 2.24) is 0 Å². The Morgan fingerprint density at radius 3 is 2.77 bits per heavy atom. The van der Waals surface area contributed by atoms with Crippen LogP contribution in [0.2, 0.25) is 0 Å². The summed E-state index contributed by atoms with van der Waals surface area (Å²) in [6.45, 7) is 4.22. The minimum absolute atomic E-state index is 0.380. The van der Waals surface area contributed by atoms with Gasteiger partial charge in [0.2, 0.25) is 0 Å². The van der Waals surface area contributed by atoms with Crippen molar-refractivity contribution in [3.05, 3.63) is 12.2 Å². The largest absolute Gasteiger partial charge is 0.299 e. The molecule has 0 aliphatic heterocycles. The molecule has 0 N–H and O–H groups in total. The molecule has 0 saturated heterocycles. The maximum Gasteiger partial charge on any atom is 0.136 e. The van der Waals surface area contributed by atoms with Gasteiger partial charge in [0.25, 0.3) is 0 Å². The fraction of sp³-hybridized carbons (Fsp3) is 0.750. The molecule has 1 aliphatic rings. The molecule has 1 fully saturated rings. The highest BCUT2D eigenvalue weighted by atomic mass is 16.1. The first-order valence-electron chi connectivity index (χ1n) is 5.39. The molecule has 1 aliphatic carbocycles. The molecular weight excluding hydrogens is 160 g/mol. The maximum atomic E-state index is 11.7. The van der Waals surface area contributed by atoms with Crippen LogP contribution in [0.3, 0.4) is 0 Å². The molecule has 0 spiro atoms. The number of carbonyl (C=O) groups is 1. The maximum absolute atomic E-state index is 11.7. The fourth-order valence-electron chi connectivity index (χ4n) is 2.20. The molecule has 0 aromatic carbocycles. The van der Waals surface area contributed by atoms with Crippen molar-refractivity contribution in [3.8, 4) is 0 Å². The summed E-state index contributed by atoms with van der Waals surface area (Å²) in [6.07, 6.45) is 9.41. The van der Waals surface area contributed by atoms with Gasteiger partial charge < -0.3 is 0 Å². The van der Waals surface area contributed by atoms with Crippen LogP contribution in [-0.4, -0.2) is 5.78 Å². The number of carbonyl (C=O) groups excluding carboxylic acids is 1. The van der Waals surface area contributed by atoms with Gasteiger partial charge in [-0.1, -0.05) is 25.5 Å². The quantitative estimate of drug-likeness (QED) is 0.606. The number of hydrogen-bond acceptors (Lipinski definition) is 1. The van der Waals surface area contributed by atoms with E-state index in [2.05, 4.69) is 13.0 Å². The van der Waals surface area contributed by atoms with Crippen molar-refractivity contribution in [2.75, 3.05) is 0 Å². The smallest absolute Gasteiger partial charge is 0.136 e. The summed E-state index contributed by atoms with van der Waals surface area (Å²) < 4.78 is 0. The predicted molar refractivity (Wildman–Crippen MR) is 55.6 cm³/mol. The van der Waals surface area contributed by atoms with Crippen molar-refractivity contribution in [2.24, 2.45) is 11.8 Å². The summed E-state index contributed by atoms with van der Waals surface area (Å²) in [5.41, 5.74) is 0. The van der Waals surface area contributed by atoms with Crippen molar-refractivity contribution in [3.63, 3.8) is 0 Å². The Labute approximate surface area is 81.2 Å². The van der Waals surface area contributed by atoms with Crippen LogP contribution in [0, 0.1) is 11.8 Å². The van der Waals surface area contributed by atoms with E-state index in [1.807, 2.05) is 13.0 Å². The zero-order valence-corrected chi connectivity index (χ0v) is 8.75. The molecule has 0 aromatic heterocycles. The van der Waals surface area contributed by atoms with Gasteiger partial charge in [0.15, 0.2) is 0 Å². The fourth-order valence-corrected chi connectivity index (χ4v) is 2.20. The van der Waals surface area contributed by atoms with Gasteiger partial charge in [-0.05, 0) is 32.1 Å². The van der Waals surface area contributed by atoms with Gasteiger partial charge in [-0.2, -0.15) is 0 Å². The summed E-state index contributed by atoms with van der Waals surface area (Å²) in [5.74, 6) is 1.51. The van der Waals surface area contributed by atoms with Gasteiger partial charge in [-0.3, -0.25) is 4.79 Å². The Morgan fingerprint density at radius 2 is 2.23 bits per heavy atom. The van der Waals surface area contributed by atoms with Crippen LogP contribution in [0.25, 0.3) is 0 Å². The molecule has 0 heterocycles. The summed E-state index contributed by atoms with van der Waals surface area (Å²) in [7, 11) is 0. The molecule has 1 saturated carbocycles. The van der Waals surface area contributed by atoms with E-state index in [4.69, 9.17) is 0 Å². The number of ketones is 1. The molecule has 13 heavy (non-hydrogen) atoms. The Bertz CT molecular complexity index is 193. The molecule has 1 rings (SSSR count). The van der Waals surface area contributed by atoms with E-state index < -0.39 is 0 Å². The number of allylic oxidation sites excluding steroid dienone is 2. The Hall–Kier alpha value is -0.590. The van der Waals surface area contributed by atoms with E-state index in [9.17, 15) is 4.79 Å². The van der Waals surface area contributed by atoms with E-state index in [0.29, 0.717) is 17.6 Å². The summed E-state index contributed by atoms with van der Waals surface area (Å²) in [6, 6.07) is 0. The van der Waals surface area contributed by atoms with Crippen molar-refractivity contribution < 1.29 is 4.79 Å². The number of rotatable bonds is 4. The molecule has 0 aromatic rings. The molecule has 2 atom stereocenters. The first-order chi connectivity index (χ1) is 6.25. The van der Waals surface area contributed by atoms with Crippen molar-refractivity contribution in [2.45, 2.75) is 46.0 Å². The lowest BCUT2D eigenvalue weighted by atomic mass is 9.91. The standard InChI is InChI=1S/C12H20O/c1-3-4-5-9-12(13)11-8-6-7-10(11)2/h3-4,10-11H,5-9H2,1-2H3/b4-3+. The highest BCUT2D eigenvalue weighted by molar-refractivity contribution is 5.81. The van der Waals surface area contributed by atoms with E-state index in [1.165, 1.54) is 12.8 Å². The van der Waals surface area contributed by atoms with Crippen molar-refractivity contribution >= 4 is 5.78 Å². The lowest BCUT2D eigenvalue weighted by molar-refractivity contribution is -0.123.